The molecule has 1 heterocycles. The van der Waals surface area contributed by atoms with E-state index >= 15 is 0 Å². The van der Waals surface area contributed by atoms with Crippen LogP contribution in [0.2, 0.25) is 0 Å². The third kappa shape index (κ3) is 3.17. The maximum atomic E-state index is 6.22. The highest BCUT2D eigenvalue weighted by atomic mass is 79.9. The van der Waals surface area contributed by atoms with Gasteiger partial charge >= 0.3 is 0 Å². The Hall–Kier alpha value is -1.40. The van der Waals surface area contributed by atoms with Gasteiger partial charge in [0, 0.05) is 17.0 Å². The molecule has 0 unspecified atom stereocenters. The Kier molecular flexibility index (Phi) is 4.49. The predicted octanol–water partition coefficient (Wildman–Crippen LogP) is 3.62. The maximum Gasteiger partial charge on any atom is 0.220 e. The molecule has 1 saturated carbocycles. The second kappa shape index (κ2) is 6.38. The molecule has 6 heteroatoms. The molecule has 0 saturated heterocycles. The maximum absolute atomic E-state index is 6.22. The largest absolute Gasteiger partial charge is 0.488 e. The highest BCUT2D eigenvalue weighted by Gasteiger charge is 2.23. The summed E-state index contributed by atoms with van der Waals surface area (Å²) in [7, 11) is 1.77. The van der Waals surface area contributed by atoms with E-state index in [0.29, 0.717) is 6.10 Å². The van der Waals surface area contributed by atoms with E-state index in [1.54, 1.807) is 7.11 Å². The molecule has 1 aromatic carbocycles. The van der Waals surface area contributed by atoms with E-state index in [4.69, 9.17) is 15.2 Å². The third-order valence-corrected chi connectivity index (χ3v) is 4.64. The molecule has 2 N–H and O–H groups in total. The van der Waals surface area contributed by atoms with Gasteiger partial charge in [-0.3, -0.25) is 0 Å². The first-order valence-electron chi connectivity index (χ1n) is 7.49. The zero-order valence-electron chi connectivity index (χ0n) is 12.8. The van der Waals surface area contributed by atoms with Crippen LogP contribution in [0.15, 0.2) is 16.6 Å². The quantitative estimate of drug-likeness (QED) is 0.899. The first-order chi connectivity index (χ1) is 10.6. The number of hydrogen-bond donors (Lipinski definition) is 1. The molecule has 1 aliphatic carbocycles. The van der Waals surface area contributed by atoms with Crippen molar-refractivity contribution in [3.63, 3.8) is 0 Å². The number of fused-ring (bicyclic) bond motifs is 1. The summed E-state index contributed by atoms with van der Waals surface area (Å²) in [6.07, 6.45) is 4.60. The molecule has 0 amide bonds. The van der Waals surface area contributed by atoms with Crippen molar-refractivity contribution in [1.82, 2.24) is 9.97 Å². The molecular weight excluding hydrogens is 346 g/mol. The minimum absolute atomic E-state index is 0.195. The molecule has 1 fully saturated rings. The Morgan fingerprint density at radius 1 is 1.14 bits per heavy atom. The van der Waals surface area contributed by atoms with Crippen LogP contribution in [-0.2, 0) is 4.74 Å². The van der Waals surface area contributed by atoms with Crippen LogP contribution in [0.5, 0.6) is 5.75 Å². The normalized spacial score (nSPS) is 22.0. The minimum atomic E-state index is 0.195. The summed E-state index contributed by atoms with van der Waals surface area (Å²) in [4.78, 5) is 8.60. The van der Waals surface area contributed by atoms with Gasteiger partial charge in [0.15, 0.2) is 0 Å². The van der Waals surface area contributed by atoms with Crippen molar-refractivity contribution < 1.29 is 9.47 Å². The Bertz CT molecular complexity index is 685. The lowest BCUT2D eigenvalue weighted by molar-refractivity contribution is 0.0331. The van der Waals surface area contributed by atoms with E-state index in [1.807, 2.05) is 19.1 Å². The highest BCUT2D eigenvalue weighted by Crippen LogP contribution is 2.33. The number of benzene rings is 1. The van der Waals surface area contributed by atoms with Crippen LogP contribution in [-0.4, -0.2) is 29.3 Å². The lowest BCUT2D eigenvalue weighted by Gasteiger charge is -2.28. The van der Waals surface area contributed by atoms with E-state index in [2.05, 4.69) is 25.9 Å². The number of nitrogens with two attached hydrogens (primary N) is 1. The van der Waals surface area contributed by atoms with Crippen molar-refractivity contribution in [2.75, 3.05) is 12.8 Å². The molecule has 0 spiro atoms. The number of ether oxygens (including phenoxy) is 2. The third-order valence-electron chi connectivity index (χ3n) is 4.19. The monoisotopic (exact) mass is 365 g/mol. The molecular formula is C16H20BrN3O2. The molecule has 2 aromatic rings. The van der Waals surface area contributed by atoms with Gasteiger partial charge in [0.25, 0.3) is 0 Å². The van der Waals surface area contributed by atoms with Gasteiger partial charge in [-0.1, -0.05) is 15.9 Å². The Labute approximate surface area is 138 Å². The number of hydrogen-bond acceptors (Lipinski definition) is 5. The van der Waals surface area contributed by atoms with Crippen molar-refractivity contribution in [3.05, 3.63) is 22.3 Å². The van der Waals surface area contributed by atoms with Crippen molar-refractivity contribution in [3.8, 4) is 5.75 Å². The number of halogens is 1. The summed E-state index contributed by atoms with van der Waals surface area (Å²) >= 11 is 3.53. The Balaban J connectivity index is 1.90. The molecule has 0 aliphatic heterocycles. The second-order valence-corrected chi connectivity index (χ2v) is 6.64. The van der Waals surface area contributed by atoms with Crippen LogP contribution in [0.1, 0.15) is 31.4 Å². The number of rotatable bonds is 3. The lowest BCUT2D eigenvalue weighted by Crippen LogP contribution is -2.27. The average Bonchev–Trinajstić information content (AvgIpc) is 2.49. The number of methoxy groups -OCH3 is 1. The fourth-order valence-corrected chi connectivity index (χ4v) is 3.43. The summed E-state index contributed by atoms with van der Waals surface area (Å²) in [6, 6.07) is 3.95. The highest BCUT2D eigenvalue weighted by molar-refractivity contribution is 9.10. The summed E-state index contributed by atoms with van der Waals surface area (Å²) in [5.41, 5.74) is 7.43. The van der Waals surface area contributed by atoms with Gasteiger partial charge < -0.3 is 15.2 Å². The van der Waals surface area contributed by atoms with Gasteiger partial charge in [-0.25, -0.2) is 9.97 Å². The summed E-state index contributed by atoms with van der Waals surface area (Å²) < 4.78 is 12.6. The Morgan fingerprint density at radius 3 is 2.50 bits per heavy atom. The fraction of sp³-hybridized carbons (Fsp3) is 0.500. The van der Waals surface area contributed by atoms with Crippen LogP contribution in [0.4, 0.5) is 5.95 Å². The van der Waals surface area contributed by atoms with Crippen LogP contribution in [0.3, 0.4) is 0 Å². The zero-order chi connectivity index (χ0) is 15.7. The molecule has 22 heavy (non-hydrogen) atoms. The van der Waals surface area contributed by atoms with Gasteiger partial charge in [0.1, 0.15) is 11.3 Å². The fourth-order valence-electron chi connectivity index (χ4n) is 2.99. The number of nitrogens with zero attached hydrogens (tertiary/aromatic N) is 2. The molecule has 0 bridgehead atoms. The second-order valence-electron chi connectivity index (χ2n) is 5.72. The van der Waals surface area contributed by atoms with E-state index in [9.17, 15) is 0 Å². The van der Waals surface area contributed by atoms with Gasteiger partial charge in [-0.15, -0.1) is 0 Å². The molecule has 1 aliphatic rings. The summed E-state index contributed by atoms with van der Waals surface area (Å²) in [5, 5.41) is 0.962. The molecule has 1 aromatic heterocycles. The van der Waals surface area contributed by atoms with Gasteiger partial charge in [-0.05, 0) is 44.7 Å². The number of nitrogen functional groups attached to an aromatic ring is 1. The average molecular weight is 366 g/mol. The molecule has 3 rings (SSSR count). The first-order valence-corrected chi connectivity index (χ1v) is 8.29. The molecule has 0 atom stereocenters. The van der Waals surface area contributed by atoms with Crippen molar-refractivity contribution in [2.45, 2.75) is 44.8 Å². The zero-order valence-corrected chi connectivity index (χ0v) is 14.4. The number of anilines is 1. The van der Waals surface area contributed by atoms with Crippen molar-refractivity contribution in [2.24, 2.45) is 0 Å². The van der Waals surface area contributed by atoms with Gasteiger partial charge in [0.2, 0.25) is 5.95 Å². The SMILES string of the molecule is CO[C@H]1CC[C@H](Oc2cc(Br)cc3c(C)nc(N)nc23)CC1. The topological polar surface area (TPSA) is 70.3 Å². The van der Waals surface area contributed by atoms with Crippen LogP contribution in [0, 0.1) is 6.92 Å². The van der Waals surface area contributed by atoms with Crippen molar-refractivity contribution >= 4 is 32.8 Å². The van der Waals surface area contributed by atoms with Gasteiger partial charge in [-0.2, -0.15) is 0 Å². The smallest absolute Gasteiger partial charge is 0.220 e. The predicted molar refractivity (Wildman–Crippen MR) is 90.1 cm³/mol. The lowest BCUT2D eigenvalue weighted by atomic mass is 9.95. The van der Waals surface area contributed by atoms with E-state index in [0.717, 1.165) is 52.5 Å². The van der Waals surface area contributed by atoms with Gasteiger partial charge in [0.05, 0.1) is 17.9 Å². The summed E-state index contributed by atoms with van der Waals surface area (Å²) in [5.74, 6) is 1.04. The van der Waals surface area contributed by atoms with E-state index in [1.165, 1.54) is 0 Å². The van der Waals surface area contributed by atoms with Crippen LogP contribution in [0.25, 0.3) is 10.9 Å². The molecule has 118 valence electrons. The van der Waals surface area contributed by atoms with Crippen molar-refractivity contribution in [1.29, 1.82) is 0 Å². The molecule has 0 radical (unpaired) electrons. The van der Waals surface area contributed by atoms with Crippen LogP contribution < -0.4 is 10.5 Å². The van der Waals surface area contributed by atoms with E-state index in [-0.39, 0.29) is 12.1 Å². The Morgan fingerprint density at radius 2 is 1.82 bits per heavy atom. The minimum Gasteiger partial charge on any atom is -0.488 e. The first kappa shape index (κ1) is 15.5. The number of aryl methyl sites for hydroxylation is 1. The molecule has 5 nitrogen and oxygen atoms in total. The summed E-state index contributed by atoms with van der Waals surface area (Å²) in [6.45, 7) is 1.93. The number of aromatic nitrogens is 2. The van der Waals surface area contributed by atoms with E-state index < -0.39 is 0 Å². The van der Waals surface area contributed by atoms with Crippen LogP contribution >= 0.6 is 15.9 Å². The standard InChI is InChI=1S/C16H20BrN3O2/c1-9-13-7-10(17)8-14(15(13)20-16(18)19-9)22-12-5-3-11(21-2)4-6-12/h7-8,11-12H,3-6H2,1-2H3,(H2,18,19,20)/t11-,12-.